The molecule has 1 spiro atoms. The molecule has 3 aliphatic heterocycles. The second-order valence-electron chi connectivity index (χ2n) is 6.93. The SMILES string of the molecule is CS(=O)(=O)N1CCC2(CN(C(=O)C3[C@H]4COC[C@@H]34)C2)C1. The molecule has 0 aromatic rings. The summed E-state index contributed by atoms with van der Waals surface area (Å²) in [5.41, 5.74) is 0.0270. The lowest BCUT2D eigenvalue weighted by Crippen LogP contribution is -2.60. The van der Waals surface area contributed by atoms with Crippen molar-refractivity contribution in [2.45, 2.75) is 6.42 Å². The number of ether oxygens (including phenoxy) is 1. The van der Waals surface area contributed by atoms with Gasteiger partial charge in [-0.05, 0) is 18.3 Å². The Bertz CT molecular complexity index is 545. The normalized spacial score (nSPS) is 38.9. The van der Waals surface area contributed by atoms with Crippen molar-refractivity contribution < 1.29 is 17.9 Å². The fraction of sp³-hybridized carbons (Fsp3) is 0.923. The second kappa shape index (κ2) is 3.96. The van der Waals surface area contributed by atoms with E-state index >= 15 is 0 Å². The average Bonchev–Trinajstić information content (AvgIpc) is 2.77. The minimum Gasteiger partial charge on any atom is -0.381 e. The van der Waals surface area contributed by atoms with E-state index in [4.69, 9.17) is 4.74 Å². The summed E-state index contributed by atoms with van der Waals surface area (Å²) in [4.78, 5) is 14.3. The Morgan fingerprint density at radius 1 is 1.20 bits per heavy atom. The highest BCUT2D eigenvalue weighted by atomic mass is 32.2. The number of carbonyl (C=O) groups excluding carboxylic acids is 1. The number of carbonyl (C=O) groups is 1. The van der Waals surface area contributed by atoms with Crippen molar-refractivity contribution >= 4 is 15.9 Å². The molecule has 4 aliphatic rings. The van der Waals surface area contributed by atoms with Gasteiger partial charge in [-0.1, -0.05) is 0 Å². The van der Waals surface area contributed by atoms with Crippen LogP contribution in [0, 0.1) is 23.2 Å². The highest BCUT2D eigenvalue weighted by Crippen LogP contribution is 2.53. The Hall–Kier alpha value is -0.660. The van der Waals surface area contributed by atoms with Crippen LogP contribution in [0.4, 0.5) is 0 Å². The quantitative estimate of drug-likeness (QED) is 0.681. The van der Waals surface area contributed by atoms with E-state index in [-0.39, 0.29) is 17.2 Å². The number of nitrogens with zero attached hydrogens (tertiary/aromatic N) is 2. The van der Waals surface area contributed by atoms with Crippen molar-refractivity contribution in [1.82, 2.24) is 9.21 Å². The zero-order chi connectivity index (χ0) is 14.1. The molecule has 112 valence electrons. The number of fused-ring (bicyclic) bond motifs is 1. The van der Waals surface area contributed by atoms with Gasteiger partial charge in [-0.25, -0.2) is 12.7 Å². The summed E-state index contributed by atoms with van der Waals surface area (Å²) < 4.78 is 30.0. The summed E-state index contributed by atoms with van der Waals surface area (Å²) in [5, 5.41) is 0. The van der Waals surface area contributed by atoms with Crippen molar-refractivity contribution in [1.29, 1.82) is 0 Å². The first-order valence-corrected chi connectivity index (χ1v) is 9.06. The maximum Gasteiger partial charge on any atom is 0.226 e. The summed E-state index contributed by atoms with van der Waals surface area (Å²) in [7, 11) is -3.09. The molecule has 6 nitrogen and oxygen atoms in total. The Morgan fingerprint density at radius 2 is 1.85 bits per heavy atom. The largest absolute Gasteiger partial charge is 0.381 e. The van der Waals surface area contributed by atoms with Gasteiger partial charge in [0, 0.05) is 37.5 Å². The van der Waals surface area contributed by atoms with Crippen molar-refractivity contribution in [3.63, 3.8) is 0 Å². The van der Waals surface area contributed by atoms with E-state index in [0.29, 0.717) is 24.9 Å². The van der Waals surface area contributed by atoms with Gasteiger partial charge in [0.25, 0.3) is 0 Å². The van der Waals surface area contributed by atoms with Crippen LogP contribution in [0.5, 0.6) is 0 Å². The summed E-state index contributed by atoms with van der Waals surface area (Å²) >= 11 is 0. The molecule has 1 unspecified atom stereocenters. The fourth-order valence-corrected chi connectivity index (χ4v) is 5.10. The minimum absolute atomic E-state index is 0.0270. The lowest BCUT2D eigenvalue weighted by molar-refractivity contribution is -0.145. The summed E-state index contributed by atoms with van der Waals surface area (Å²) in [6, 6.07) is 0. The van der Waals surface area contributed by atoms with Crippen LogP contribution in [-0.2, 0) is 19.6 Å². The van der Waals surface area contributed by atoms with E-state index in [1.165, 1.54) is 6.26 Å². The topological polar surface area (TPSA) is 66.9 Å². The van der Waals surface area contributed by atoms with Gasteiger partial charge in [-0.3, -0.25) is 4.79 Å². The Kier molecular flexibility index (Phi) is 2.58. The van der Waals surface area contributed by atoms with Crippen molar-refractivity contribution in [3.8, 4) is 0 Å². The zero-order valence-corrected chi connectivity index (χ0v) is 12.4. The van der Waals surface area contributed by atoms with Crippen LogP contribution >= 0.6 is 0 Å². The van der Waals surface area contributed by atoms with Crippen LogP contribution in [0.2, 0.25) is 0 Å². The molecule has 20 heavy (non-hydrogen) atoms. The van der Waals surface area contributed by atoms with E-state index in [9.17, 15) is 13.2 Å². The van der Waals surface area contributed by atoms with Crippen LogP contribution < -0.4 is 0 Å². The van der Waals surface area contributed by atoms with Gasteiger partial charge in [0.15, 0.2) is 0 Å². The first-order chi connectivity index (χ1) is 9.40. The molecular formula is C13H20N2O4S. The van der Waals surface area contributed by atoms with Crippen molar-refractivity contribution in [2.75, 3.05) is 45.6 Å². The van der Waals surface area contributed by atoms with Gasteiger partial charge in [-0.15, -0.1) is 0 Å². The molecule has 0 bridgehead atoms. The van der Waals surface area contributed by atoms with Gasteiger partial charge in [0.2, 0.25) is 15.9 Å². The number of likely N-dealkylation sites (tertiary alicyclic amines) is 1. The number of hydrogen-bond acceptors (Lipinski definition) is 4. The van der Waals surface area contributed by atoms with E-state index in [1.54, 1.807) is 4.31 Å². The smallest absolute Gasteiger partial charge is 0.226 e. The molecule has 7 heteroatoms. The monoisotopic (exact) mass is 300 g/mol. The second-order valence-corrected chi connectivity index (χ2v) is 8.91. The van der Waals surface area contributed by atoms with Crippen LogP contribution in [0.25, 0.3) is 0 Å². The molecule has 1 aliphatic carbocycles. The van der Waals surface area contributed by atoms with E-state index in [0.717, 1.165) is 32.7 Å². The first kappa shape index (κ1) is 13.0. The van der Waals surface area contributed by atoms with Crippen LogP contribution in [0.3, 0.4) is 0 Å². The summed E-state index contributed by atoms with van der Waals surface area (Å²) in [5.74, 6) is 1.37. The lowest BCUT2D eigenvalue weighted by Gasteiger charge is -2.48. The zero-order valence-electron chi connectivity index (χ0n) is 11.6. The van der Waals surface area contributed by atoms with Crippen LogP contribution in [-0.4, -0.2) is 69.2 Å². The third-order valence-corrected chi connectivity index (χ3v) is 6.72. The fourth-order valence-electron chi connectivity index (χ4n) is 4.17. The van der Waals surface area contributed by atoms with Gasteiger partial charge in [0.05, 0.1) is 19.5 Å². The molecule has 0 radical (unpaired) electrons. The van der Waals surface area contributed by atoms with Gasteiger partial charge in [-0.2, -0.15) is 0 Å². The molecule has 1 saturated carbocycles. The molecule has 3 atom stereocenters. The third-order valence-electron chi connectivity index (χ3n) is 5.47. The molecule has 3 heterocycles. The highest BCUT2D eigenvalue weighted by molar-refractivity contribution is 7.88. The van der Waals surface area contributed by atoms with Gasteiger partial charge < -0.3 is 9.64 Å². The highest BCUT2D eigenvalue weighted by Gasteiger charge is 2.61. The van der Waals surface area contributed by atoms with Gasteiger partial charge >= 0.3 is 0 Å². The van der Waals surface area contributed by atoms with E-state index < -0.39 is 10.0 Å². The number of rotatable bonds is 2. The number of amides is 1. The maximum atomic E-state index is 12.4. The third kappa shape index (κ3) is 1.83. The van der Waals surface area contributed by atoms with E-state index in [2.05, 4.69) is 0 Å². The van der Waals surface area contributed by atoms with E-state index in [1.807, 2.05) is 4.90 Å². The maximum absolute atomic E-state index is 12.4. The molecule has 4 rings (SSSR count). The molecule has 0 aromatic carbocycles. The Labute approximate surface area is 119 Å². The average molecular weight is 300 g/mol. The van der Waals surface area contributed by atoms with Gasteiger partial charge in [0.1, 0.15) is 0 Å². The lowest BCUT2D eigenvalue weighted by atomic mass is 9.79. The van der Waals surface area contributed by atoms with Crippen molar-refractivity contribution in [3.05, 3.63) is 0 Å². The molecule has 0 N–H and O–H groups in total. The summed E-state index contributed by atoms with van der Waals surface area (Å²) in [6.07, 6.45) is 2.14. The molecular weight excluding hydrogens is 280 g/mol. The predicted molar refractivity (Wildman–Crippen MR) is 71.3 cm³/mol. The van der Waals surface area contributed by atoms with Crippen LogP contribution in [0.15, 0.2) is 0 Å². The number of hydrogen-bond donors (Lipinski definition) is 0. The molecule has 1 amide bonds. The summed E-state index contributed by atoms with van der Waals surface area (Å²) in [6.45, 7) is 4.12. The Morgan fingerprint density at radius 3 is 2.40 bits per heavy atom. The minimum atomic E-state index is -3.09. The predicted octanol–water partition coefficient (Wildman–Crippen LogP) is -0.627. The first-order valence-electron chi connectivity index (χ1n) is 7.21. The Balaban J connectivity index is 1.35. The molecule has 4 fully saturated rings. The number of sulfonamides is 1. The molecule has 3 saturated heterocycles. The van der Waals surface area contributed by atoms with Crippen molar-refractivity contribution in [2.24, 2.45) is 23.2 Å². The van der Waals surface area contributed by atoms with Crippen LogP contribution in [0.1, 0.15) is 6.42 Å². The standard InChI is InChI=1S/C13H20N2O4S/c1-20(17,18)15-3-2-13(8-15)6-14(7-13)12(16)11-9-4-19-5-10(9)11/h9-11H,2-8H2,1H3/t9-,10+,11?. The molecule has 0 aromatic heterocycles.